The third-order valence-corrected chi connectivity index (χ3v) is 3.96. The highest BCUT2D eigenvalue weighted by molar-refractivity contribution is 5.94. The fourth-order valence-electron chi connectivity index (χ4n) is 2.68. The molecular weight excluding hydrogens is 300 g/mol. The highest BCUT2D eigenvalue weighted by Crippen LogP contribution is 2.31. The van der Waals surface area contributed by atoms with Gasteiger partial charge >= 0.3 is 6.18 Å². The standard InChI is InChI=1S/C15H18F4N2O/c1-9(20)10-3-2-4-21(8-10)14(22)11-5-12(15(17,18)19)7-13(16)6-11/h5-7,9-10H,2-4,8,20H2,1H3. The molecule has 1 saturated heterocycles. The molecule has 122 valence electrons. The van der Waals surface area contributed by atoms with E-state index in [0.717, 1.165) is 18.9 Å². The van der Waals surface area contributed by atoms with E-state index in [1.54, 1.807) is 0 Å². The molecule has 0 radical (unpaired) electrons. The average molecular weight is 318 g/mol. The number of rotatable bonds is 2. The Labute approximate surface area is 126 Å². The Morgan fingerprint density at radius 2 is 2.05 bits per heavy atom. The minimum atomic E-state index is -4.69. The van der Waals surface area contributed by atoms with Crippen LogP contribution >= 0.6 is 0 Å². The summed E-state index contributed by atoms with van der Waals surface area (Å²) in [5, 5.41) is 0. The molecule has 7 heteroatoms. The number of amides is 1. The number of carbonyl (C=O) groups excluding carboxylic acids is 1. The van der Waals surface area contributed by atoms with Crippen LogP contribution < -0.4 is 5.73 Å². The smallest absolute Gasteiger partial charge is 0.338 e. The average Bonchev–Trinajstić information content (AvgIpc) is 2.45. The van der Waals surface area contributed by atoms with E-state index in [4.69, 9.17) is 5.73 Å². The largest absolute Gasteiger partial charge is 0.416 e. The summed E-state index contributed by atoms with van der Waals surface area (Å²) in [6.45, 7) is 2.66. The number of benzene rings is 1. The van der Waals surface area contributed by atoms with E-state index >= 15 is 0 Å². The monoisotopic (exact) mass is 318 g/mol. The van der Waals surface area contributed by atoms with Crippen LogP contribution in [0, 0.1) is 11.7 Å². The van der Waals surface area contributed by atoms with Crippen LogP contribution in [0.3, 0.4) is 0 Å². The molecule has 2 atom stereocenters. The number of nitrogens with two attached hydrogens (primary N) is 1. The first-order valence-electron chi connectivity index (χ1n) is 7.11. The van der Waals surface area contributed by atoms with E-state index in [9.17, 15) is 22.4 Å². The molecule has 0 bridgehead atoms. The molecule has 1 aliphatic rings. The summed E-state index contributed by atoms with van der Waals surface area (Å²) in [5.74, 6) is -1.55. The van der Waals surface area contributed by atoms with Crippen LogP contribution in [0.4, 0.5) is 17.6 Å². The normalized spacial score (nSPS) is 20.8. The van der Waals surface area contributed by atoms with Gasteiger partial charge in [0.2, 0.25) is 0 Å². The van der Waals surface area contributed by atoms with Crippen molar-refractivity contribution in [1.29, 1.82) is 0 Å². The second-order valence-electron chi connectivity index (χ2n) is 5.74. The van der Waals surface area contributed by atoms with Gasteiger partial charge in [0.05, 0.1) is 5.56 Å². The van der Waals surface area contributed by atoms with Gasteiger partial charge < -0.3 is 10.6 Å². The summed E-state index contributed by atoms with van der Waals surface area (Å²) in [6, 6.07) is 1.82. The van der Waals surface area contributed by atoms with Gasteiger partial charge in [-0.25, -0.2) is 4.39 Å². The number of alkyl halides is 3. The molecule has 1 aliphatic heterocycles. The van der Waals surface area contributed by atoms with Crippen molar-refractivity contribution >= 4 is 5.91 Å². The number of piperidine rings is 1. The lowest BCUT2D eigenvalue weighted by Crippen LogP contribution is -2.45. The van der Waals surface area contributed by atoms with Crippen LogP contribution in [0.25, 0.3) is 0 Å². The zero-order valence-corrected chi connectivity index (χ0v) is 12.2. The second-order valence-corrected chi connectivity index (χ2v) is 5.74. The Kier molecular flexibility index (Phi) is 4.75. The predicted molar refractivity (Wildman–Crippen MR) is 73.7 cm³/mol. The summed E-state index contributed by atoms with van der Waals surface area (Å²) < 4.78 is 51.5. The van der Waals surface area contributed by atoms with E-state index in [1.165, 1.54) is 4.90 Å². The van der Waals surface area contributed by atoms with Gasteiger partial charge in [0.25, 0.3) is 5.91 Å². The first-order chi connectivity index (χ1) is 10.2. The summed E-state index contributed by atoms with van der Waals surface area (Å²) >= 11 is 0. The summed E-state index contributed by atoms with van der Waals surface area (Å²) in [7, 11) is 0. The Morgan fingerprint density at radius 1 is 1.36 bits per heavy atom. The minimum Gasteiger partial charge on any atom is -0.338 e. The summed E-state index contributed by atoms with van der Waals surface area (Å²) in [6.07, 6.45) is -3.08. The first kappa shape index (κ1) is 16.7. The Hall–Kier alpha value is -1.63. The molecule has 2 unspecified atom stereocenters. The van der Waals surface area contributed by atoms with Crippen molar-refractivity contribution in [3.63, 3.8) is 0 Å². The Morgan fingerprint density at radius 3 is 2.64 bits per heavy atom. The molecule has 2 N–H and O–H groups in total. The van der Waals surface area contributed by atoms with Crippen molar-refractivity contribution in [2.45, 2.75) is 32.0 Å². The molecule has 0 aromatic heterocycles. The third-order valence-electron chi connectivity index (χ3n) is 3.96. The quantitative estimate of drug-likeness (QED) is 0.852. The molecule has 22 heavy (non-hydrogen) atoms. The van der Waals surface area contributed by atoms with Crippen LogP contribution in [-0.2, 0) is 6.18 Å². The van der Waals surface area contributed by atoms with Crippen molar-refractivity contribution in [2.75, 3.05) is 13.1 Å². The zero-order chi connectivity index (χ0) is 16.5. The van der Waals surface area contributed by atoms with E-state index < -0.39 is 23.5 Å². The van der Waals surface area contributed by atoms with Crippen LogP contribution in [0.1, 0.15) is 35.7 Å². The van der Waals surface area contributed by atoms with Crippen LogP contribution in [-0.4, -0.2) is 29.9 Å². The van der Waals surface area contributed by atoms with Crippen molar-refractivity contribution in [1.82, 2.24) is 4.90 Å². The maximum atomic E-state index is 13.4. The Bertz CT molecular complexity index is 557. The van der Waals surface area contributed by atoms with Gasteiger partial charge in [-0.3, -0.25) is 4.79 Å². The number of hydrogen-bond acceptors (Lipinski definition) is 2. The number of carbonyl (C=O) groups is 1. The van der Waals surface area contributed by atoms with Crippen molar-refractivity contribution in [3.05, 3.63) is 35.1 Å². The van der Waals surface area contributed by atoms with E-state index in [2.05, 4.69) is 0 Å². The lowest BCUT2D eigenvalue weighted by Gasteiger charge is -2.34. The number of halogens is 4. The van der Waals surface area contributed by atoms with Crippen molar-refractivity contribution < 1.29 is 22.4 Å². The SMILES string of the molecule is CC(N)C1CCCN(C(=O)c2cc(F)cc(C(F)(F)F)c2)C1. The van der Waals surface area contributed by atoms with E-state index in [1.807, 2.05) is 6.92 Å². The van der Waals surface area contributed by atoms with Crippen molar-refractivity contribution in [2.24, 2.45) is 11.7 Å². The molecule has 2 rings (SSSR count). The molecule has 1 fully saturated rings. The van der Waals surface area contributed by atoms with Gasteiger partial charge in [-0.1, -0.05) is 0 Å². The molecule has 1 aromatic carbocycles. The number of likely N-dealkylation sites (tertiary alicyclic amines) is 1. The fraction of sp³-hybridized carbons (Fsp3) is 0.533. The van der Waals surface area contributed by atoms with Gasteiger partial charge in [-0.15, -0.1) is 0 Å². The molecular formula is C15H18F4N2O. The van der Waals surface area contributed by atoms with Gasteiger partial charge in [0.15, 0.2) is 0 Å². The van der Waals surface area contributed by atoms with Gasteiger partial charge in [0.1, 0.15) is 5.82 Å². The topological polar surface area (TPSA) is 46.3 Å². The van der Waals surface area contributed by atoms with Crippen LogP contribution in [0.5, 0.6) is 0 Å². The van der Waals surface area contributed by atoms with Crippen molar-refractivity contribution in [3.8, 4) is 0 Å². The third kappa shape index (κ3) is 3.76. The number of nitrogens with zero attached hydrogens (tertiary/aromatic N) is 1. The highest BCUT2D eigenvalue weighted by Gasteiger charge is 2.33. The molecule has 0 aliphatic carbocycles. The zero-order valence-electron chi connectivity index (χ0n) is 12.2. The summed E-state index contributed by atoms with van der Waals surface area (Å²) in [5.41, 5.74) is 4.39. The first-order valence-corrected chi connectivity index (χ1v) is 7.11. The van der Waals surface area contributed by atoms with Gasteiger partial charge in [0, 0.05) is 24.7 Å². The highest BCUT2D eigenvalue weighted by atomic mass is 19.4. The molecule has 1 heterocycles. The molecule has 0 saturated carbocycles. The lowest BCUT2D eigenvalue weighted by atomic mass is 9.92. The summed E-state index contributed by atoms with van der Waals surface area (Å²) in [4.78, 5) is 13.8. The maximum Gasteiger partial charge on any atom is 0.416 e. The van der Waals surface area contributed by atoms with Gasteiger partial charge in [-0.05, 0) is 43.9 Å². The lowest BCUT2D eigenvalue weighted by molar-refractivity contribution is -0.137. The van der Waals surface area contributed by atoms with E-state index in [0.29, 0.717) is 25.2 Å². The Balaban J connectivity index is 2.24. The molecule has 1 aromatic rings. The minimum absolute atomic E-state index is 0.103. The maximum absolute atomic E-state index is 13.4. The van der Waals surface area contributed by atoms with Crippen LogP contribution in [0.2, 0.25) is 0 Å². The second kappa shape index (κ2) is 6.24. The molecule has 1 amide bonds. The van der Waals surface area contributed by atoms with E-state index in [-0.39, 0.29) is 17.5 Å². The number of hydrogen-bond donors (Lipinski definition) is 1. The van der Waals surface area contributed by atoms with Crippen LogP contribution in [0.15, 0.2) is 18.2 Å². The molecule has 0 spiro atoms. The van der Waals surface area contributed by atoms with Gasteiger partial charge in [-0.2, -0.15) is 13.2 Å². The predicted octanol–water partition coefficient (Wildman–Crippen LogP) is 3.04. The molecule has 3 nitrogen and oxygen atoms in total. The fourth-order valence-corrected chi connectivity index (χ4v) is 2.68.